The number of unbranched alkanes of at least 4 members (excludes halogenated alkanes) is 4. The summed E-state index contributed by atoms with van der Waals surface area (Å²) >= 11 is 0. The van der Waals surface area contributed by atoms with E-state index < -0.39 is 5.97 Å². The largest absolute Gasteiger partial charge is 0.480 e. The first-order valence-corrected chi connectivity index (χ1v) is 19.5. The molecule has 10 atom stereocenters. The van der Waals surface area contributed by atoms with E-state index in [1.165, 1.54) is 36.2 Å². The Bertz CT molecular complexity index is 1250. The van der Waals surface area contributed by atoms with Crippen molar-refractivity contribution >= 4 is 17.8 Å². The summed E-state index contributed by atoms with van der Waals surface area (Å²) in [7, 11) is 1.54. The number of aliphatic carboxylic acids is 1. The van der Waals surface area contributed by atoms with Gasteiger partial charge in [-0.1, -0.05) is 66.0 Å². The van der Waals surface area contributed by atoms with Crippen LogP contribution in [0.15, 0.2) is 12.2 Å². The van der Waals surface area contributed by atoms with Gasteiger partial charge in [0.25, 0.3) is 0 Å². The molecule has 0 aliphatic heterocycles. The number of fused-ring (bicyclic) bond motifs is 7. The molecule has 0 saturated heterocycles. The van der Waals surface area contributed by atoms with Crippen molar-refractivity contribution in [3.63, 3.8) is 0 Å². The fourth-order valence-electron chi connectivity index (χ4n) is 13.3. The molecule has 7 nitrogen and oxygen atoms in total. The van der Waals surface area contributed by atoms with Gasteiger partial charge < -0.3 is 20.4 Å². The van der Waals surface area contributed by atoms with E-state index in [0.717, 1.165) is 70.6 Å². The standard InChI is InChI=1S/C41H68N2O5/c1-27(2)28-17-22-41(36(48)42-25-13-11-9-10-12-14-33(45)43(8)26-34(46)47)24-23-39(6)29(35(28)41)15-16-31-38(5)20-19-32(44)37(3,4)30(38)18-21-40(31,39)7/h28-32,35,44H,1,9-26H2,2-8H3,(H,42,48)(H,46,47)/t28-,29+,30-,31+,32-,35+,38-,39+,40+,41-/m0/s1. The highest BCUT2D eigenvalue weighted by Gasteiger charge is 2.71. The predicted molar refractivity (Wildman–Crippen MR) is 191 cm³/mol. The average Bonchev–Trinajstić information content (AvgIpc) is 3.42. The van der Waals surface area contributed by atoms with E-state index in [1.54, 1.807) is 7.05 Å². The molecule has 0 unspecified atom stereocenters. The summed E-state index contributed by atoms with van der Waals surface area (Å²) in [5.41, 5.74) is 1.61. The first-order chi connectivity index (χ1) is 22.5. The van der Waals surface area contributed by atoms with Gasteiger partial charge in [-0.3, -0.25) is 14.4 Å². The second kappa shape index (κ2) is 13.7. The van der Waals surface area contributed by atoms with Crippen LogP contribution in [-0.2, 0) is 14.4 Å². The molecule has 5 fully saturated rings. The first-order valence-electron chi connectivity index (χ1n) is 19.5. The SMILES string of the molecule is C=C(C)[C@@H]1CC[C@]2(C(=O)NCCCCCCCC(=O)N(C)CC(=O)O)CC[C@]3(C)[C@H](CC[C@@H]4[C@@]5(C)CC[C@H](O)C(C)(C)[C@@H]5CC[C@]43C)[C@@H]12. The molecule has 272 valence electrons. The molecular formula is C41H68N2O5. The Kier molecular flexibility index (Phi) is 10.6. The molecule has 5 aliphatic rings. The zero-order valence-corrected chi connectivity index (χ0v) is 31.5. The van der Waals surface area contributed by atoms with Crippen molar-refractivity contribution in [1.29, 1.82) is 0 Å². The lowest BCUT2D eigenvalue weighted by molar-refractivity contribution is -0.246. The summed E-state index contributed by atoms with van der Waals surface area (Å²) in [5, 5.41) is 23.4. The smallest absolute Gasteiger partial charge is 0.323 e. The van der Waals surface area contributed by atoms with Gasteiger partial charge >= 0.3 is 5.97 Å². The fourth-order valence-corrected chi connectivity index (χ4v) is 13.3. The van der Waals surface area contributed by atoms with Crippen molar-refractivity contribution < 1.29 is 24.6 Å². The van der Waals surface area contributed by atoms with Gasteiger partial charge in [0.1, 0.15) is 6.54 Å². The van der Waals surface area contributed by atoms with Gasteiger partial charge in [-0.05, 0) is 135 Å². The summed E-state index contributed by atoms with van der Waals surface area (Å²) in [6, 6.07) is 0. The molecule has 2 amide bonds. The monoisotopic (exact) mass is 669 g/mol. The first kappa shape index (κ1) is 37.4. The summed E-state index contributed by atoms with van der Waals surface area (Å²) in [5.74, 6) is 1.70. The van der Waals surface area contributed by atoms with Crippen LogP contribution in [0.1, 0.15) is 144 Å². The lowest BCUT2D eigenvalue weighted by atomic mass is 9.32. The number of hydrogen-bond donors (Lipinski definition) is 3. The molecule has 5 rings (SSSR count). The van der Waals surface area contributed by atoms with Crippen LogP contribution in [0, 0.1) is 56.7 Å². The minimum Gasteiger partial charge on any atom is -0.480 e. The molecule has 0 aromatic carbocycles. The zero-order chi connectivity index (χ0) is 35.3. The Balaban J connectivity index is 1.23. The third-order valence-electron chi connectivity index (χ3n) is 16.1. The Morgan fingerprint density at radius 1 is 0.812 bits per heavy atom. The summed E-state index contributed by atoms with van der Waals surface area (Å²) in [4.78, 5) is 38.6. The topological polar surface area (TPSA) is 107 Å². The van der Waals surface area contributed by atoms with E-state index in [-0.39, 0.29) is 51.5 Å². The summed E-state index contributed by atoms with van der Waals surface area (Å²) in [6.07, 6.45) is 15.9. The van der Waals surface area contributed by atoms with Crippen molar-refractivity contribution in [3.8, 4) is 0 Å². The van der Waals surface area contributed by atoms with Crippen LogP contribution < -0.4 is 5.32 Å². The summed E-state index contributed by atoms with van der Waals surface area (Å²) in [6.45, 7) is 19.7. The molecule has 48 heavy (non-hydrogen) atoms. The Morgan fingerprint density at radius 2 is 1.50 bits per heavy atom. The number of hydrogen-bond acceptors (Lipinski definition) is 4. The van der Waals surface area contributed by atoms with Crippen molar-refractivity contribution in [2.24, 2.45) is 56.7 Å². The van der Waals surface area contributed by atoms with Crippen molar-refractivity contribution in [2.75, 3.05) is 20.1 Å². The van der Waals surface area contributed by atoms with Crippen LogP contribution in [0.2, 0.25) is 0 Å². The van der Waals surface area contributed by atoms with Crippen molar-refractivity contribution in [2.45, 2.75) is 150 Å². The molecule has 0 aromatic rings. The van der Waals surface area contributed by atoms with E-state index >= 15 is 0 Å². The van der Waals surface area contributed by atoms with E-state index in [4.69, 9.17) is 5.11 Å². The normalized spacial score (nSPS) is 41.2. The highest BCUT2D eigenvalue weighted by molar-refractivity contribution is 5.84. The molecule has 3 N–H and O–H groups in total. The molecule has 5 aliphatic carbocycles. The van der Waals surface area contributed by atoms with Gasteiger partial charge in [0, 0.05) is 20.0 Å². The second-order valence-electron chi connectivity index (χ2n) is 18.6. The van der Waals surface area contributed by atoms with Gasteiger partial charge in [-0.15, -0.1) is 0 Å². The maximum absolute atomic E-state index is 14.4. The second-order valence-corrected chi connectivity index (χ2v) is 18.6. The van der Waals surface area contributed by atoms with Crippen LogP contribution >= 0.6 is 0 Å². The lowest BCUT2D eigenvalue weighted by Gasteiger charge is -2.72. The van der Waals surface area contributed by atoms with E-state index in [0.29, 0.717) is 42.6 Å². The van der Waals surface area contributed by atoms with E-state index in [1.807, 2.05) is 0 Å². The number of carbonyl (C=O) groups excluding carboxylic acids is 2. The highest BCUT2D eigenvalue weighted by Crippen LogP contribution is 2.77. The third-order valence-corrected chi connectivity index (χ3v) is 16.1. The molecule has 0 bridgehead atoms. The third kappa shape index (κ3) is 6.08. The van der Waals surface area contributed by atoms with Crippen LogP contribution in [0.3, 0.4) is 0 Å². The van der Waals surface area contributed by atoms with Gasteiger partial charge in [0.2, 0.25) is 11.8 Å². The highest BCUT2D eigenvalue weighted by atomic mass is 16.4. The number of aliphatic hydroxyl groups excluding tert-OH is 1. The van der Waals surface area contributed by atoms with E-state index in [9.17, 15) is 19.5 Å². The van der Waals surface area contributed by atoms with E-state index in [2.05, 4.69) is 53.4 Å². The van der Waals surface area contributed by atoms with Crippen LogP contribution in [0.25, 0.3) is 0 Å². The molecular weight excluding hydrogens is 600 g/mol. The number of nitrogens with zero attached hydrogens (tertiary/aromatic N) is 1. The Labute approximate surface area is 291 Å². The molecule has 0 heterocycles. The zero-order valence-electron chi connectivity index (χ0n) is 31.5. The van der Waals surface area contributed by atoms with Gasteiger partial charge in [-0.2, -0.15) is 0 Å². The number of likely N-dealkylation sites (N-methyl/N-ethyl adjacent to an activating group) is 1. The molecule has 0 aromatic heterocycles. The molecule has 5 saturated carbocycles. The van der Waals surface area contributed by atoms with Gasteiger partial charge in [0.15, 0.2) is 0 Å². The number of carboxylic acids is 1. The van der Waals surface area contributed by atoms with Crippen molar-refractivity contribution in [3.05, 3.63) is 12.2 Å². The Hall–Kier alpha value is -1.89. The number of aliphatic hydroxyl groups is 1. The quantitative estimate of drug-likeness (QED) is 0.144. The van der Waals surface area contributed by atoms with Crippen LogP contribution in [0.5, 0.6) is 0 Å². The minimum atomic E-state index is -0.988. The molecule has 7 heteroatoms. The maximum atomic E-state index is 14.4. The maximum Gasteiger partial charge on any atom is 0.323 e. The number of carboxylic acid groups (broad SMARTS) is 1. The van der Waals surface area contributed by atoms with Gasteiger partial charge in [-0.25, -0.2) is 0 Å². The number of nitrogens with one attached hydrogen (secondary N) is 1. The van der Waals surface area contributed by atoms with Crippen molar-refractivity contribution in [1.82, 2.24) is 10.2 Å². The fraction of sp³-hybridized carbons (Fsp3) is 0.878. The summed E-state index contributed by atoms with van der Waals surface area (Å²) < 4.78 is 0. The number of carbonyl (C=O) groups is 3. The predicted octanol–water partition coefficient (Wildman–Crippen LogP) is 8.00. The van der Waals surface area contributed by atoms with Crippen LogP contribution in [0.4, 0.5) is 0 Å². The average molecular weight is 669 g/mol. The lowest BCUT2D eigenvalue weighted by Crippen LogP contribution is -2.67. The number of rotatable bonds is 12. The number of allylic oxidation sites excluding steroid dienone is 1. The molecule has 0 radical (unpaired) electrons. The Morgan fingerprint density at radius 3 is 2.19 bits per heavy atom. The minimum absolute atomic E-state index is 0.0399. The van der Waals surface area contributed by atoms with Crippen LogP contribution in [-0.4, -0.2) is 59.1 Å². The van der Waals surface area contributed by atoms with Gasteiger partial charge in [0.05, 0.1) is 11.5 Å². The number of amides is 2. The molecule has 0 spiro atoms.